The maximum absolute atomic E-state index is 5.77. The molecule has 1 aromatic heterocycles. The highest BCUT2D eigenvalue weighted by Crippen LogP contribution is 2.27. The van der Waals surface area contributed by atoms with E-state index in [1.165, 1.54) is 5.56 Å². The molecule has 100 valence electrons. The summed E-state index contributed by atoms with van der Waals surface area (Å²) in [5.74, 6) is 1.33. The lowest BCUT2D eigenvalue weighted by molar-refractivity contribution is 0.457. The first kappa shape index (κ1) is 13.4. The van der Waals surface area contributed by atoms with Gasteiger partial charge in [0.1, 0.15) is 5.75 Å². The molecule has 1 heterocycles. The zero-order valence-corrected chi connectivity index (χ0v) is 11.9. The fourth-order valence-electron chi connectivity index (χ4n) is 1.72. The number of ether oxygens (including phenoxy) is 1. The quantitative estimate of drug-likeness (QED) is 0.824. The van der Waals surface area contributed by atoms with Gasteiger partial charge in [0.25, 0.3) is 0 Å². The normalized spacial score (nSPS) is 11.4. The second kappa shape index (κ2) is 4.92. The molecule has 2 rings (SSSR count). The van der Waals surface area contributed by atoms with Crippen LogP contribution in [0, 0.1) is 6.92 Å². The minimum absolute atomic E-state index is 0.0959. The molecule has 0 saturated heterocycles. The van der Waals surface area contributed by atoms with Crippen molar-refractivity contribution in [2.45, 2.75) is 33.1 Å². The molecule has 0 aliphatic rings. The van der Waals surface area contributed by atoms with Crippen molar-refractivity contribution in [1.29, 1.82) is 0 Å². The van der Waals surface area contributed by atoms with E-state index in [2.05, 4.69) is 25.8 Å². The molecule has 2 aromatic rings. The van der Waals surface area contributed by atoms with Crippen LogP contribution in [-0.2, 0) is 5.41 Å². The summed E-state index contributed by atoms with van der Waals surface area (Å²) in [6.07, 6.45) is 1.86. The van der Waals surface area contributed by atoms with Crippen LogP contribution in [-0.4, -0.2) is 4.98 Å². The van der Waals surface area contributed by atoms with Gasteiger partial charge in [-0.15, -0.1) is 0 Å². The third-order valence-corrected chi connectivity index (χ3v) is 3.03. The van der Waals surface area contributed by atoms with Crippen LogP contribution in [0.3, 0.4) is 0 Å². The van der Waals surface area contributed by atoms with E-state index in [4.69, 9.17) is 10.5 Å². The average molecular weight is 256 g/mol. The van der Waals surface area contributed by atoms with Gasteiger partial charge in [0.15, 0.2) is 0 Å². The van der Waals surface area contributed by atoms with Crippen LogP contribution in [0.25, 0.3) is 0 Å². The molecular weight excluding hydrogens is 236 g/mol. The molecule has 0 radical (unpaired) electrons. The summed E-state index contributed by atoms with van der Waals surface area (Å²) in [6, 6.07) is 9.55. The Kier molecular flexibility index (Phi) is 3.47. The highest BCUT2D eigenvalue weighted by Gasteiger charge is 2.14. The summed E-state index contributed by atoms with van der Waals surface area (Å²) in [6.45, 7) is 8.46. The maximum Gasteiger partial charge on any atom is 0.219 e. The van der Waals surface area contributed by atoms with E-state index in [0.717, 1.165) is 11.3 Å². The minimum Gasteiger partial charge on any atom is -0.439 e. The topological polar surface area (TPSA) is 48.1 Å². The molecule has 0 amide bonds. The van der Waals surface area contributed by atoms with Crippen molar-refractivity contribution < 1.29 is 4.74 Å². The Morgan fingerprint density at radius 2 is 1.84 bits per heavy atom. The molecule has 0 fully saturated rings. The number of hydrogen-bond acceptors (Lipinski definition) is 3. The van der Waals surface area contributed by atoms with Crippen molar-refractivity contribution in [1.82, 2.24) is 4.98 Å². The molecule has 0 atom stereocenters. The number of nitrogens with two attached hydrogens (primary N) is 1. The van der Waals surface area contributed by atoms with Crippen molar-refractivity contribution in [2.75, 3.05) is 5.73 Å². The number of anilines is 1. The highest BCUT2D eigenvalue weighted by molar-refractivity contribution is 5.49. The molecule has 0 aliphatic heterocycles. The Morgan fingerprint density at radius 1 is 1.11 bits per heavy atom. The summed E-state index contributed by atoms with van der Waals surface area (Å²) in [5.41, 5.74) is 8.77. The zero-order chi connectivity index (χ0) is 14.0. The molecule has 0 aliphatic carbocycles. The lowest BCUT2D eigenvalue weighted by Gasteiger charge is -2.18. The monoisotopic (exact) mass is 256 g/mol. The Hall–Kier alpha value is -2.03. The van der Waals surface area contributed by atoms with Crippen LogP contribution in [0.15, 0.2) is 36.5 Å². The molecule has 0 saturated carbocycles. The first-order valence-electron chi connectivity index (χ1n) is 6.37. The Balaban J connectivity index is 2.22. The smallest absolute Gasteiger partial charge is 0.219 e. The number of nitrogen functional groups attached to an aromatic ring is 1. The van der Waals surface area contributed by atoms with E-state index >= 15 is 0 Å². The SMILES string of the molecule is Cc1ccc(N)cc1Oc1ccc(C(C)(C)C)cn1. The van der Waals surface area contributed by atoms with E-state index in [0.29, 0.717) is 11.6 Å². The average Bonchev–Trinajstić information content (AvgIpc) is 2.33. The molecule has 19 heavy (non-hydrogen) atoms. The largest absolute Gasteiger partial charge is 0.439 e. The Morgan fingerprint density at radius 3 is 2.42 bits per heavy atom. The summed E-state index contributed by atoms with van der Waals surface area (Å²) in [7, 11) is 0. The fourth-order valence-corrected chi connectivity index (χ4v) is 1.72. The first-order valence-corrected chi connectivity index (χ1v) is 6.37. The number of aryl methyl sites for hydroxylation is 1. The summed E-state index contributed by atoms with van der Waals surface area (Å²) >= 11 is 0. The van der Waals surface area contributed by atoms with Crippen LogP contribution in [0.2, 0.25) is 0 Å². The van der Waals surface area contributed by atoms with E-state index in [1.54, 1.807) is 0 Å². The van der Waals surface area contributed by atoms with Crippen molar-refractivity contribution in [3.8, 4) is 11.6 Å². The van der Waals surface area contributed by atoms with Gasteiger partial charge in [0, 0.05) is 24.0 Å². The molecular formula is C16H20N2O. The van der Waals surface area contributed by atoms with Crippen molar-refractivity contribution >= 4 is 5.69 Å². The number of pyridine rings is 1. The van der Waals surface area contributed by atoms with Crippen molar-refractivity contribution in [3.63, 3.8) is 0 Å². The number of hydrogen-bond donors (Lipinski definition) is 1. The van der Waals surface area contributed by atoms with Crippen LogP contribution in [0.1, 0.15) is 31.9 Å². The maximum atomic E-state index is 5.77. The van der Waals surface area contributed by atoms with Gasteiger partial charge in [0.2, 0.25) is 5.88 Å². The first-order chi connectivity index (χ1) is 8.86. The minimum atomic E-state index is 0.0959. The van der Waals surface area contributed by atoms with E-state index in [-0.39, 0.29) is 5.41 Å². The highest BCUT2D eigenvalue weighted by atomic mass is 16.5. The van der Waals surface area contributed by atoms with Gasteiger partial charge < -0.3 is 10.5 Å². The second-order valence-corrected chi connectivity index (χ2v) is 5.76. The lowest BCUT2D eigenvalue weighted by Crippen LogP contribution is -2.11. The van der Waals surface area contributed by atoms with E-state index < -0.39 is 0 Å². The van der Waals surface area contributed by atoms with E-state index in [1.807, 2.05) is 43.5 Å². The fraction of sp³-hybridized carbons (Fsp3) is 0.312. The predicted molar refractivity (Wildman–Crippen MR) is 78.6 cm³/mol. The molecule has 1 aromatic carbocycles. The van der Waals surface area contributed by atoms with Gasteiger partial charge in [-0.3, -0.25) is 0 Å². The Bertz CT molecular complexity index is 568. The number of rotatable bonds is 2. The third kappa shape index (κ3) is 3.25. The number of aromatic nitrogens is 1. The predicted octanol–water partition coefficient (Wildman–Crippen LogP) is 4.06. The summed E-state index contributed by atoms with van der Waals surface area (Å²) in [5, 5.41) is 0. The zero-order valence-electron chi connectivity index (χ0n) is 11.9. The molecule has 0 spiro atoms. The van der Waals surface area contributed by atoms with Gasteiger partial charge in [-0.25, -0.2) is 4.98 Å². The molecule has 3 nitrogen and oxygen atoms in total. The van der Waals surface area contributed by atoms with Crippen LogP contribution in [0.5, 0.6) is 11.6 Å². The lowest BCUT2D eigenvalue weighted by atomic mass is 9.88. The summed E-state index contributed by atoms with van der Waals surface area (Å²) < 4.78 is 5.77. The van der Waals surface area contributed by atoms with Gasteiger partial charge >= 0.3 is 0 Å². The molecule has 2 N–H and O–H groups in total. The van der Waals surface area contributed by atoms with Crippen LogP contribution in [0.4, 0.5) is 5.69 Å². The number of benzene rings is 1. The van der Waals surface area contributed by atoms with Crippen LogP contribution >= 0.6 is 0 Å². The van der Waals surface area contributed by atoms with Crippen LogP contribution < -0.4 is 10.5 Å². The Labute approximate surface area is 114 Å². The molecule has 0 unspecified atom stereocenters. The second-order valence-electron chi connectivity index (χ2n) is 5.76. The van der Waals surface area contributed by atoms with Gasteiger partial charge in [-0.1, -0.05) is 32.9 Å². The van der Waals surface area contributed by atoms with Gasteiger partial charge in [0.05, 0.1) is 0 Å². The van der Waals surface area contributed by atoms with Crippen molar-refractivity contribution in [3.05, 3.63) is 47.7 Å². The van der Waals surface area contributed by atoms with Gasteiger partial charge in [-0.05, 0) is 29.5 Å². The van der Waals surface area contributed by atoms with Gasteiger partial charge in [-0.2, -0.15) is 0 Å². The number of nitrogens with zero attached hydrogens (tertiary/aromatic N) is 1. The third-order valence-electron chi connectivity index (χ3n) is 3.03. The van der Waals surface area contributed by atoms with Crippen molar-refractivity contribution in [2.24, 2.45) is 0 Å². The molecule has 3 heteroatoms. The standard InChI is InChI=1S/C16H20N2O/c1-11-5-7-13(17)9-14(11)19-15-8-6-12(10-18-15)16(2,3)4/h5-10H,17H2,1-4H3. The van der Waals surface area contributed by atoms with E-state index in [9.17, 15) is 0 Å². The molecule has 0 bridgehead atoms. The summed E-state index contributed by atoms with van der Waals surface area (Å²) in [4.78, 5) is 4.35.